The van der Waals surface area contributed by atoms with E-state index in [-0.39, 0.29) is 11.6 Å². The smallest absolute Gasteiger partial charge is 0.225 e. The Morgan fingerprint density at radius 2 is 1.93 bits per heavy atom. The molecule has 0 N–H and O–H groups in total. The quantitative estimate of drug-likeness (QED) is 0.823. The third kappa shape index (κ3) is 4.18. The van der Waals surface area contributed by atoms with Gasteiger partial charge in [0.25, 0.3) is 0 Å². The Morgan fingerprint density at radius 3 is 2.70 bits per heavy atom. The maximum Gasteiger partial charge on any atom is 0.225 e. The summed E-state index contributed by atoms with van der Waals surface area (Å²) in [6.07, 6.45) is 3.45. The third-order valence-electron chi connectivity index (χ3n) is 5.49. The van der Waals surface area contributed by atoms with Crippen molar-refractivity contribution in [3.8, 4) is 5.75 Å². The maximum atomic E-state index is 13.4. The largest absolute Gasteiger partial charge is 0.493 e. The van der Waals surface area contributed by atoms with Crippen LogP contribution in [0.3, 0.4) is 0 Å². The Hall–Kier alpha value is -2.28. The number of piperidine rings is 1. The number of aromatic nitrogens is 2. The zero-order chi connectivity index (χ0) is 18.8. The number of hydrogen-bond acceptors (Lipinski definition) is 5. The van der Waals surface area contributed by atoms with Crippen LogP contribution in [0.5, 0.6) is 5.75 Å². The van der Waals surface area contributed by atoms with Gasteiger partial charge in [-0.25, -0.2) is 18.7 Å². The normalized spacial score (nSPS) is 23.1. The fourth-order valence-electron chi connectivity index (χ4n) is 3.91. The topological polar surface area (TPSA) is 41.5 Å². The highest BCUT2D eigenvalue weighted by atomic mass is 19.1. The molecule has 2 aromatic rings. The van der Waals surface area contributed by atoms with Crippen molar-refractivity contribution >= 4 is 5.95 Å². The Labute approximate surface area is 158 Å². The van der Waals surface area contributed by atoms with Crippen molar-refractivity contribution in [1.82, 2.24) is 14.9 Å². The third-order valence-corrected chi connectivity index (χ3v) is 5.49. The molecule has 2 saturated heterocycles. The van der Waals surface area contributed by atoms with Crippen LogP contribution in [0.2, 0.25) is 0 Å². The molecule has 27 heavy (non-hydrogen) atoms. The molecular weight excluding hydrogens is 350 g/mol. The second-order valence-electron chi connectivity index (χ2n) is 7.41. The summed E-state index contributed by atoms with van der Waals surface area (Å²) in [5, 5.41) is 0. The van der Waals surface area contributed by atoms with E-state index in [2.05, 4.69) is 19.8 Å². The van der Waals surface area contributed by atoms with Crippen molar-refractivity contribution in [1.29, 1.82) is 0 Å². The van der Waals surface area contributed by atoms with Crippen molar-refractivity contribution < 1.29 is 13.5 Å². The molecule has 3 heterocycles. The van der Waals surface area contributed by atoms with Crippen LogP contribution in [0.4, 0.5) is 14.7 Å². The molecule has 0 radical (unpaired) electrons. The van der Waals surface area contributed by atoms with Crippen molar-refractivity contribution in [2.24, 2.45) is 5.92 Å². The Morgan fingerprint density at radius 1 is 1.11 bits per heavy atom. The first-order valence-corrected chi connectivity index (χ1v) is 9.45. The molecule has 5 nitrogen and oxygen atoms in total. The van der Waals surface area contributed by atoms with Crippen LogP contribution in [0.15, 0.2) is 30.5 Å². The van der Waals surface area contributed by atoms with E-state index in [0.717, 1.165) is 39.0 Å². The van der Waals surface area contributed by atoms with Crippen LogP contribution in [-0.4, -0.2) is 53.7 Å². The Balaban J connectivity index is 1.30. The average molecular weight is 374 g/mol. The lowest BCUT2D eigenvalue weighted by molar-refractivity contribution is 0.0725. The fourth-order valence-corrected chi connectivity index (χ4v) is 3.91. The highest BCUT2D eigenvalue weighted by Crippen LogP contribution is 2.27. The number of nitrogens with zero attached hydrogens (tertiary/aromatic N) is 4. The summed E-state index contributed by atoms with van der Waals surface area (Å²) >= 11 is 0. The molecular formula is C20H24F2N4O. The number of benzene rings is 1. The van der Waals surface area contributed by atoms with Gasteiger partial charge in [-0.1, -0.05) is 0 Å². The SMILES string of the molecule is Cc1nc(N2CCN3CC(COc4ccc(F)cc4)CCC3C2)ncc1F. The molecule has 0 spiro atoms. The zero-order valence-electron chi connectivity index (χ0n) is 15.4. The molecule has 2 aliphatic heterocycles. The number of rotatable bonds is 4. The Bertz CT molecular complexity index is 786. The highest BCUT2D eigenvalue weighted by Gasteiger charge is 2.34. The van der Waals surface area contributed by atoms with E-state index < -0.39 is 0 Å². The molecule has 1 aromatic heterocycles. The van der Waals surface area contributed by atoms with Crippen molar-refractivity contribution in [3.05, 3.63) is 47.8 Å². The number of halogens is 2. The van der Waals surface area contributed by atoms with Crippen LogP contribution in [0.1, 0.15) is 18.5 Å². The molecule has 2 atom stereocenters. The summed E-state index contributed by atoms with van der Waals surface area (Å²) < 4.78 is 32.2. The molecule has 0 saturated carbocycles. The van der Waals surface area contributed by atoms with E-state index in [1.807, 2.05) is 0 Å². The standard InChI is InChI=1S/C20H24F2N4O/c1-14-19(22)10-23-20(24-14)26-9-8-25-11-15(2-5-17(25)12-26)13-27-18-6-3-16(21)4-7-18/h3-4,6-7,10,15,17H,2,5,8-9,11-13H2,1H3. The van der Waals surface area contributed by atoms with Gasteiger partial charge in [0.1, 0.15) is 11.6 Å². The second kappa shape index (κ2) is 7.76. The lowest BCUT2D eigenvalue weighted by Crippen LogP contribution is -2.57. The van der Waals surface area contributed by atoms with Gasteiger partial charge in [0.2, 0.25) is 5.95 Å². The van der Waals surface area contributed by atoms with Crippen molar-refractivity contribution in [2.75, 3.05) is 37.7 Å². The first-order chi connectivity index (χ1) is 13.1. The minimum Gasteiger partial charge on any atom is -0.493 e. The van der Waals surface area contributed by atoms with Crippen LogP contribution in [0, 0.1) is 24.5 Å². The number of anilines is 1. The molecule has 2 fully saturated rings. The van der Waals surface area contributed by atoms with Gasteiger partial charge in [0, 0.05) is 38.1 Å². The number of fused-ring (bicyclic) bond motifs is 1. The van der Waals surface area contributed by atoms with Gasteiger partial charge in [-0.05, 0) is 44.0 Å². The second-order valence-corrected chi connectivity index (χ2v) is 7.41. The highest BCUT2D eigenvalue weighted by molar-refractivity contribution is 5.32. The summed E-state index contributed by atoms with van der Waals surface area (Å²) in [5.41, 5.74) is 0.393. The maximum absolute atomic E-state index is 13.4. The number of aryl methyl sites for hydroxylation is 1. The number of piperazine rings is 1. The van der Waals surface area contributed by atoms with Crippen molar-refractivity contribution in [2.45, 2.75) is 25.8 Å². The van der Waals surface area contributed by atoms with Crippen LogP contribution in [-0.2, 0) is 0 Å². The van der Waals surface area contributed by atoms with E-state index in [9.17, 15) is 8.78 Å². The summed E-state index contributed by atoms with van der Waals surface area (Å²) in [4.78, 5) is 13.1. The van der Waals surface area contributed by atoms with Crippen LogP contribution in [0.25, 0.3) is 0 Å². The minimum absolute atomic E-state index is 0.249. The average Bonchev–Trinajstić information content (AvgIpc) is 2.69. The van der Waals surface area contributed by atoms with E-state index in [1.165, 1.54) is 18.3 Å². The summed E-state index contributed by atoms with van der Waals surface area (Å²) in [7, 11) is 0. The van der Waals surface area contributed by atoms with Gasteiger partial charge in [-0.3, -0.25) is 4.90 Å². The van der Waals surface area contributed by atoms with Crippen molar-refractivity contribution in [3.63, 3.8) is 0 Å². The van der Waals surface area contributed by atoms with Gasteiger partial charge in [0.15, 0.2) is 5.82 Å². The molecule has 0 aliphatic carbocycles. The summed E-state index contributed by atoms with van der Waals surface area (Å²) in [6.45, 7) is 5.98. The molecule has 1 aromatic carbocycles. The van der Waals surface area contributed by atoms with Gasteiger partial charge in [-0.15, -0.1) is 0 Å². The predicted molar refractivity (Wildman–Crippen MR) is 98.9 cm³/mol. The van der Waals surface area contributed by atoms with E-state index in [4.69, 9.17) is 4.74 Å². The molecule has 0 bridgehead atoms. The first-order valence-electron chi connectivity index (χ1n) is 9.45. The molecule has 2 aliphatic rings. The minimum atomic E-state index is -0.362. The molecule has 0 amide bonds. The van der Waals surface area contributed by atoms with Gasteiger partial charge in [0.05, 0.1) is 18.5 Å². The van der Waals surface area contributed by atoms with Crippen LogP contribution >= 0.6 is 0 Å². The van der Waals surface area contributed by atoms with E-state index >= 15 is 0 Å². The van der Waals surface area contributed by atoms with Crippen LogP contribution < -0.4 is 9.64 Å². The fraction of sp³-hybridized carbons (Fsp3) is 0.500. The van der Waals surface area contributed by atoms with E-state index in [1.54, 1.807) is 19.1 Å². The molecule has 4 rings (SSSR count). The predicted octanol–water partition coefficient (Wildman–Crippen LogP) is 3.04. The van der Waals surface area contributed by atoms with E-state index in [0.29, 0.717) is 36.0 Å². The molecule has 144 valence electrons. The summed E-state index contributed by atoms with van der Waals surface area (Å²) in [6, 6.07) is 6.65. The zero-order valence-corrected chi connectivity index (χ0v) is 15.4. The molecule has 2 unspecified atom stereocenters. The lowest BCUT2D eigenvalue weighted by atomic mass is 9.91. The number of hydrogen-bond donors (Lipinski definition) is 0. The monoisotopic (exact) mass is 374 g/mol. The number of ether oxygens (including phenoxy) is 1. The summed E-state index contributed by atoms with van der Waals surface area (Å²) in [5.74, 6) is 1.20. The van der Waals surface area contributed by atoms with Gasteiger partial charge in [-0.2, -0.15) is 0 Å². The Kier molecular flexibility index (Phi) is 5.20. The lowest BCUT2D eigenvalue weighted by Gasteiger charge is -2.46. The first kappa shape index (κ1) is 18.1. The van der Waals surface area contributed by atoms with Gasteiger partial charge < -0.3 is 9.64 Å². The van der Waals surface area contributed by atoms with Gasteiger partial charge >= 0.3 is 0 Å². The molecule has 7 heteroatoms.